The molecule has 0 aliphatic rings. The van der Waals surface area contributed by atoms with Crippen LogP contribution in [0.15, 0.2) is 18.5 Å². The maximum Gasteiger partial charge on any atom is 3.00 e. The van der Waals surface area contributed by atoms with Crippen molar-refractivity contribution in [1.29, 1.82) is 0 Å². The van der Waals surface area contributed by atoms with Gasteiger partial charge in [0.1, 0.15) is 0 Å². The molecule has 1 heterocycles. The first-order valence-electron chi connectivity index (χ1n) is 2.14. The van der Waals surface area contributed by atoms with E-state index in [1.54, 1.807) is 12.4 Å². The Morgan fingerprint density at radius 3 is 1.90 bits per heavy atom. The fourth-order valence-corrected chi connectivity index (χ4v) is 0.215. The van der Waals surface area contributed by atoms with E-state index in [1.165, 1.54) is 0 Å². The molecule has 0 spiro atoms. The fraction of sp³-hybridized carbons (Fsp3) is 0. The molecule has 10 heavy (non-hydrogen) atoms. The van der Waals surface area contributed by atoms with Crippen molar-refractivity contribution in [3.8, 4) is 0 Å². The summed E-state index contributed by atoms with van der Waals surface area (Å²) in [5.74, 6) is 0. The number of nitrogens with one attached hydrogen (secondary N) is 1. The van der Waals surface area contributed by atoms with Gasteiger partial charge in [0.25, 0.3) is 0 Å². The topological polar surface area (TPSA) is 97.9 Å². The van der Waals surface area contributed by atoms with Gasteiger partial charge in [0.2, 0.25) is 0 Å². The fourth-order valence-electron chi connectivity index (χ4n) is 0.215. The first-order valence-corrected chi connectivity index (χ1v) is 2.14. The Labute approximate surface area is 71.9 Å². The molecule has 0 amide bonds. The minimum Gasteiger partial charge on any atom is -0.907 e. The van der Waals surface area contributed by atoms with Gasteiger partial charge in [-0.2, -0.15) is 5.10 Å². The van der Waals surface area contributed by atoms with Gasteiger partial charge in [0, 0.05) is 12.4 Å². The summed E-state index contributed by atoms with van der Waals surface area (Å²) in [6, 6.07) is 1.83. The van der Waals surface area contributed by atoms with Crippen LogP contribution in [-0.4, -0.2) is 17.5 Å². The van der Waals surface area contributed by atoms with Crippen LogP contribution >= 0.6 is 0 Å². The standard InChI is InChI=1S/C3H4N2.BO3.Pd/c1-2-4-5-3-1;2-1(3)4;/h1-3H,(H,4,5);;/q;-3;+3. The molecule has 0 bridgehead atoms. The van der Waals surface area contributed by atoms with E-state index in [1.807, 2.05) is 6.07 Å². The predicted molar refractivity (Wildman–Crippen MR) is 24.3 cm³/mol. The molecule has 1 aromatic rings. The van der Waals surface area contributed by atoms with Crippen LogP contribution in [0.5, 0.6) is 0 Å². The summed E-state index contributed by atoms with van der Waals surface area (Å²) < 4.78 is 0. The van der Waals surface area contributed by atoms with Gasteiger partial charge in [0.05, 0.1) is 0 Å². The third-order valence-corrected chi connectivity index (χ3v) is 0.406. The second-order valence-electron chi connectivity index (χ2n) is 1.06. The molecular weight excluding hydrogens is 229 g/mol. The van der Waals surface area contributed by atoms with Gasteiger partial charge in [-0.1, -0.05) is 0 Å². The van der Waals surface area contributed by atoms with Gasteiger partial charge in [-0.25, -0.2) is 0 Å². The van der Waals surface area contributed by atoms with Gasteiger partial charge in [0.15, 0.2) is 0 Å². The summed E-state index contributed by atoms with van der Waals surface area (Å²) in [6.45, 7) is 0. The number of rotatable bonds is 0. The van der Waals surface area contributed by atoms with Crippen molar-refractivity contribution in [1.82, 2.24) is 10.2 Å². The second kappa shape index (κ2) is 8.82. The van der Waals surface area contributed by atoms with Crippen LogP contribution < -0.4 is 15.1 Å². The number of H-pyrrole nitrogens is 1. The third-order valence-electron chi connectivity index (χ3n) is 0.406. The zero-order chi connectivity index (χ0) is 7.11. The SMILES string of the molecule is [O-]B([O-])[O-].[Pd+3].c1cn[nH]c1. The van der Waals surface area contributed by atoms with Gasteiger partial charge in [-0.3, -0.25) is 12.4 Å². The average Bonchev–Trinajstić information content (AvgIpc) is 2.11. The van der Waals surface area contributed by atoms with Crippen LogP contribution in [0.3, 0.4) is 0 Å². The monoisotopic (exact) mass is 233 g/mol. The maximum atomic E-state index is 8.42. The van der Waals surface area contributed by atoms with Crippen LogP contribution in [0.2, 0.25) is 0 Å². The molecule has 1 rings (SSSR count). The van der Waals surface area contributed by atoms with E-state index in [9.17, 15) is 0 Å². The summed E-state index contributed by atoms with van der Waals surface area (Å²) in [6.07, 6.45) is 3.46. The Morgan fingerprint density at radius 2 is 1.80 bits per heavy atom. The van der Waals surface area contributed by atoms with Crippen molar-refractivity contribution in [2.24, 2.45) is 0 Å². The summed E-state index contributed by atoms with van der Waals surface area (Å²) in [5.41, 5.74) is 0. The molecule has 0 unspecified atom stereocenters. The molecule has 0 aliphatic heterocycles. The quantitative estimate of drug-likeness (QED) is 0.469. The molecule has 1 N–H and O–H groups in total. The van der Waals surface area contributed by atoms with Crippen molar-refractivity contribution in [3.63, 3.8) is 0 Å². The van der Waals surface area contributed by atoms with E-state index < -0.39 is 7.32 Å². The van der Waals surface area contributed by atoms with Gasteiger partial charge in [-0.15, -0.1) is 0 Å². The normalized spacial score (nSPS) is 6.70. The number of hydrogen-bond acceptors (Lipinski definition) is 4. The second-order valence-corrected chi connectivity index (χ2v) is 1.06. The smallest absolute Gasteiger partial charge is 0.907 e. The first-order chi connectivity index (χ1) is 4.23. The molecular formula is C3H4BN2O3Pd. The summed E-state index contributed by atoms with van der Waals surface area (Å²) in [4.78, 5) is 0. The summed E-state index contributed by atoms with van der Waals surface area (Å²) in [7, 11) is -2.92. The minimum atomic E-state index is -2.92. The van der Waals surface area contributed by atoms with Crippen LogP contribution in [0.4, 0.5) is 0 Å². The summed E-state index contributed by atoms with van der Waals surface area (Å²) in [5, 5.41) is 31.5. The van der Waals surface area contributed by atoms with E-state index in [2.05, 4.69) is 10.2 Å². The molecule has 1 radical (unpaired) electrons. The van der Waals surface area contributed by atoms with Gasteiger partial charge in [-0.05, 0) is 6.07 Å². The molecule has 0 saturated heterocycles. The Hall–Kier alpha value is -0.183. The van der Waals surface area contributed by atoms with Crippen LogP contribution in [-0.2, 0) is 20.4 Å². The number of hydrogen-bond donors (Lipinski definition) is 1. The molecule has 5 nitrogen and oxygen atoms in total. The van der Waals surface area contributed by atoms with E-state index in [4.69, 9.17) is 15.1 Å². The first kappa shape index (κ1) is 12.5. The van der Waals surface area contributed by atoms with Crippen molar-refractivity contribution in [2.45, 2.75) is 0 Å². The largest absolute Gasteiger partial charge is 3.00 e. The van der Waals surface area contributed by atoms with Crippen LogP contribution in [0.1, 0.15) is 0 Å². The number of aromatic nitrogens is 2. The Balaban J connectivity index is 0. The summed E-state index contributed by atoms with van der Waals surface area (Å²) >= 11 is 0. The Bertz CT molecular complexity index is 105. The Morgan fingerprint density at radius 1 is 1.30 bits per heavy atom. The van der Waals surface area contributed by atoms with E-state index in [0.29, 0.717) is 0 Å². The number of aromatic amines is 1. The average molecular weight is 233 g/mol. The molecule has 7 heteroatoms. The molecule has 0 atom stereocenters. The van der Waals surface area contributed by atoms with Crippen molar-refractivity contribution < 1.29 is 35.5 Å². The molecule has 57 valence electrons. The molecule has 0 saturated carbocycles. The third kappa shape index (κ3) is 15.7. The van der Waals surface area contributed by atoms with Crippen LogP contribution in [0.25, 0.3) is 0 Å². The van der Waals surface area contributed by atoms with E-state index >= 15 is 0 Å². The zero-order valence-corrected chi connectivity index (χ0v) is 6.35. The minimum absolute atomic E-state index is 0. The predicted octanol–water partition coefficient (Wildman–Crippen LogP) is -3.54. The van der Waals surface area contributed by atoms with E-state index in [-0.39, 0.29) is 20.4 Å². The van der Waals surface area contributed by atoms with Gasteiger partial charge < -0.3 is 15.1 Å². The number of nitrogens with zero attached hydrogens (tertiary/aromatic N) is 1. The van der Waals surface area contributed by atoms with Crippen molar-refractivity contribution >= 4 is 7.32 Å². The molecule has 0 aliphatic carbocycles. The molecule has 1 aromatic heterocycles. The maximum absolute atomic E-state index is 8.42. The van der Waals surface area contributed by atoms with Crippen molar-refractivity contribution in [3.05, 3.63) is 18.5 Å². The zero-order valence-electron chi connectivity index (χ0n) is 4.80. The van der Waals surface area contributed by atoms with E-state index in [0.717, 1.165) is 0 Å². The van der Waals surface area contributed by atoms with Crippen molar-refractivity contribution in [2.75, 3.05) is 0 Å². The molecule has 0 aromatic carbocycles. The van der Waals surface area contributed by atoms with Gasteiger partial charge >= 0.3 is 20.4 Å². The Kier molecular flexibility index (Phi) is 11.0. The van der Waals surface area contributed by atoms with Crippen LogP contribution in [0, 0.1) is 0 Å². The molecule has 0 fully saturated rings.